The predicted molar refractivity (Wildman–Crippen MR) is 119 cm³/mol. The van der Waals surface area contributed by atoms with Gasteiger partial charge in [0.15, 0.2) is 0 Å². The molecule has 0 aromatic carbocycles. The molecule has 5 saturated carbocycles. The minimum atomic E-state index is -0.452. The Morgan fingerprint density at radius 3 is 2.43 bits per heavy atom. The van der Waals surface area contributed by atoms with Crippen LogP contribution >= 0.6 is 0 Å². The van der Waals surface area contributed by atoms with Crippen LogP contribution in [0.1, 0.15) is 86.5 Å². The average molecular weight is 415 g/mol. The Bertz CT molecular complexity index is 777. The third kappa shape index (κ3) is 2.45. The summed E-state index contributed by atoms with van der Waals surface area (Å²) >= 11 is 0. The summed E-state index contributed by atoms with van der Waals surface area (Å²) in [5.74, 6) is 2.95. The first-order valence-electron chi connectivity index (χ1n) is 12.4. The molecule has 0 heterocycles. The largest absolute Gasteiger partial charge is 0.457 e. The molecule has 0 radical (unpaired) electrons. The van der Waals surface area contributed by atoms with E-state index in [-0.39, 0.29) is 17.5 Å². The van der Waals surface area contributed by atoms with Crippen molar-refractivity contribution in [2.75, 3.05) is 7.11 Å². The summed E-state index contributed by atoms with van der Waals surface area (Å²) in [7, 11) is 1.95. The Labute approximate surface area is 183 Å². The van der Waals surface area contributed by atoms with Crippen LogP contribution in [0.4, 0.5) is 0 Å². The van der Waals surface area contributed by atoms with E-state index in [4.69, 9.17) is 9.47 Å². The molecule has 5 aliphatic rings. The second kappa shape index (κ2) is 6.36. The first-order chi connectivity index (χ1) is 14.0. The topological polar surface area (TPSA) is 35.5 Å². The molecule has 168 valence electrons. The molecule has 0 saturated heterocycles. The number of hydrogen-bond donors (Lipinski definition) is 0. The number of fused-ring (bicyclic) bond motifs is 4. The lowest BCUT2D eigenvalue weighted by Crippen LogP contribution is -2.56. The Kier molecular flexibility index (Phi) is 4.46. The summed E-state index contributed by atoms with van der Waals surface area (Å²) in [6.07, 6.45) is 11.6. The van der Waals surface area contributed by atoms with Crippen molar-refractivity contribution in [3.05, 3.63) is 11.6 Å². The second-order valence-electron chi connectivity index (χ2n) is 12.8. The lowest BCUT2D eigenvalue weighted by atomic mass is 9.46. The maximum absolute atomic E-state index is 12.8. The summed E-state index contributed by atoms with van der Waals surface area (Å²) in [6, 6.07) is 0. The van der Waals surface area contributed by atoms with Gasteiger partial charge in [0.1, 0.15) is 6.10 Å². The van der Waals surface area contributed by atoms with E-state index in [1.165, 1.54) is 44.1 Å². The molecule has 9 unspecified atom stereocenters. The predicted octanol–water partition coefficient (Wildman–Crippen LogP) is 6.17. The minimum Gasteiger partial charge on any atom is -0.457 e. The quantitative estimate of drug-likeness (QED) is 0.400. The molecule has 0 amide bonds. The number of ether oxygens (including phenoxy) is 2. The molecule has 0 aromatic rings. The van der Waals surface area contributed by atoms with Crippen LogP contribution in [0.2, 0.25) is 0 Å². The standard InChI is InChI=1S/C27H42O3/c1-8-18-21(30-23(28)24(2,3)4)14-20-17-13-22(29-7)27-15-16(27)9-12-26(27,6)19(17)10-11-25(18,20)5/h8,16-17,19-22H,9-15H2,1-7H3/b18-8-. The van der Waals surface area contributed by atoms with Gasteiger partial charge in [-0.25, -0.2) is 0 Å². The number of rotatable bonds is 2. The first-order valence-corrected chi connectivity index (χ1v) is 12.4. The van der Waals surface area contributed by atoms with Gasteiger partial charge in [0.2, 0.25) is 0 Å². The van der Waals surface area contributed by atoms with Crippen molar-refractivity contribution < 1.29 is 14.3 Å². The van der Waals surface area contributed by atoms with Gasteiger partial charge in [0.05, 0.1) is 11.5 Å². The van der Waals surface area contributed by atoms with Crippen molar-refractivity contribution in [1.29, 1.82) is 0 Å². The van der Waals surface area contributed by atoms with E-state index in [1.807, 2.05) is 27.9 Å². The first kappa shape index (κ1) is 21.0. The van der Waals surface area contributed by atoms with Crippen molar-refractivity contribution in [1.82, 2.24) is 0 Å². The highest BCUT2D eigenvalue weighted by molar-refractivity contribution is 5.75. The van der Waals surface area contributed by atoms with Gasteiger partial charge in [-0.1, -0.05) is 19.9 Å². The van der Waals surface area contributed by atoms with Gasteiger partial charge in [0.25, 0.3) is 0 Å². The Morgan fingerprint density at radius 1 is 1.10 bits per heavy atom. The zero-order valence-corrected chi connectivity index (χ0v) is 20.2. The van der Waals surface area contributed by atoms with Crippen LogP contribution in [0, 0.1) is 45.3 Å². The normalized spacial score (nSPS) is 53.0. The van der Waals surface area contributed by atoms with Gasteiger partial charge in [-0.2, -0.15) is 0 Å². The highest BCUT2D eigenvalue weighted by atomic mass is 16.5. The number of methoxy groups -OCH3 is 1. The van der Waals surface area contributed by atoms with Gasteiger partial charge < -0.3 is 9.47 Å². The molecule has 0 bridgehead atoms. The molecule has 9 atom stereocenters. The number of allylic oxidation sites excluding steroid dienone is 1. The van der Waals surface area contributed by atoms with Crippen molar-refractivity contribution in [2.24, 2.45) is 45.3 Å². The lowest BCUT2D eigenvalue weighted by Gasteiger charge is -2.60. The third-order valence-electron chi connectivity index (χ3n) is 10.9. The lowest BCUT2D eigenvalue weighted by molar-refractivity contribution is -0.159. The number of carbonyl (C=O) groups is 1. The average Bonchev–Trinajstić information content (AvgIpc) is 3.23. The molecule has 1 spiro atoms. The van der Waals surface area contributed by atoms with E-state index in [0.29, 0.717) is 28.8 Å². The maximum atomic E-state index is 12.8. The van der Waals surface area contributed by atoms with Gasteiger partial charge in [-0.3, -0.25) is 4.79 Å². The van der Waals surface area contributed by atoms with Crippen LogP contribution < -0.4 is 0 Å². The van der Waals surface area contributed by atoms with E-state index >= 15 is 0 Å². The van der Waals surface area contributed by atoms with E-state index in [9.17, 15) is 4.79 Å². The second-order valence-corrected chi connectivity index (χ2v) is 12.8. The summed E-state index contributed by atoms with van der Waals surface area (Å²) in [5.41, 5.74) is 2.01. The van der Waals surface area contributed by atoms with Crippen LogP contribution in [0.15, 0.2) is 11.6 Å². The van der Waals surface area contributed by atoms with E-state index < -0.39 is 5.41 Å². The number of hydrogen-bond acceptors (Lipinski definition) is 3. The molecule has 0 aromatic heterocycles. The van der Waals surface area contributed by atoms with Crippen molar-refractivity contribution in [3.63, 3.8) is 0 Å². The molecule has 0 aliphatic heterocycles. The Balaban J connectivity index is 1.47. The molecular formula is C27H42O3. The van der Waals surface area contributed by atoms with Gasteiger partial charge >= 0.3 is 5.97 Å². The monoisotopic (exact) mass is 414 g/mol. The SMILES string of the molecule is C/C=C1/C(OC(=O)C(C)(C)C)CC2C3CC(OC)C45CC4CCC5(C)C3CCC12C. The summed E-state index contributed by atoms with van der Waals surface area (Å²) < 4.78 is 12.4. The molecule has 0 N–H and O–H groups in total. The maximum Gasteiger partial charge on any atom is 0.311 e. The van der Waals surface area contributed by atoms with E-state index in [0.717, 1.165) is 18.3 Å². The molecular weight excluding hydrogens is 372 g/mol. The zero-order valence-electron chi connectivity index (χ0n) is 20.2. The van der Waals surface area contributed by atoms with Gasteiger partial charge in [0, 0.05) is 12.5 Å². The number of carbonyl (C=O) groups excluding carboxylic acids is 1. The smallest absolute Gasteiger partial charge is 0.311 e. The summed E-state index contributed by atoms with van der Waals surface area (Å²) in [4.78, 5) is 12.8. The molecule has 5 fully saturated rings. The molecule has 5 aliphatic carbocycles. The fourth-order valence-electron chi connectivity index (χ4n) is 9.35. The Hall–Kier alpha value is -0.830. The Morgan fingerprint density at radius 2 is 1.83 bits per heavy atom. The molecule has 5 rings (SSSR count). The fraction of sp³-hybridized carbons (Fsp3) is 0.889. The molecule has 30 heavy (non-hydrogen) atoms. The van der Waals surface area contributed by atoms with Gasteiger partial charge in [-0.05, 0) is 113 Å². The van der Waals surface area contributed by atoms with Crippen molar-refractivity contribution >= 4 is 5.97 Å². The summed E-state index contributed by atoms with van der Waals surface area (Å²) in [6.45, 7) is 13.1. The summed E-state index contributed by atoms with van der Waals surface area (Å²) in [5, 5.41) is 0. The van der Waals surface area contributed by atoms with Crippen LogP contribution in [0.25, 0.3) is 0 Å². The molecule has 3 nitrogen and oxygen atoms in total. The fourth-order valence-corrected chi connectivity index (χ4v) is 9.35. The number of esters is 1. The van der Waals surface area contributed by atoms with Crippen molar-refractivity contribution in [2.45, 2.75) is 98.7 Å². The third-order valence-corrected chi connectivity index (χ3v) is 10.9. The van der Waals surface area contributed by atoms with E-state index in [1.54, 1.807) is 0 Å². The van der Waals surface area contributed by atoms with Crippen molar-refractivity contribution in [3.8, 4) is 0 Å². The van der Waals surface area contributed by atoms with Gasteiger partial charge in [-0.15, -0.1) is 0 Å². The highest BCUT2D eigenvalue weighted by Gasteiger charge is 2.77. The van der Waals surface area contributed by atoms with Crippen LogP contribution in [0.5, 0.6) is 0 Å². The van der Waals surface area contributed by atoms with E-state index in [2.05, 4.69) is 26.8 Å². The highest BCUT2D eigenvalue weighted by Crippen LogP contribution is 2.82. The van der Waals surface area contributed by atoms with Crippen LogP contribution in [-0.2, 0) is 14.3 Å². The minimum absolute atomic E-state index is 0.0441. The van der Waals surface area contributed by atoms with Crippen LogP contribution in [0.3, 0.4) is 0 Å². The molecule has 3 heteroatoms. The van der Waals surface area contributed by atoms with Crippen LogP contribution in [-0.4, -0.2) is 25.3 Å². The zero-order chi connectivity index (χ0) is 21.7.